The zero-order chi connectivity index (χ0) is 11.2. The van der Waals surface area contributed by atoms with Gasteiger partial charge in [0.05, 0.1) is 0 Å². The fourth-order valence-electron chi connectivity index (χ4n) is 2.91. The lowest BCUT2D eigenvalue weighted by Gasteiger charge is -2.38. The summed E-state index contributed by atoms with van der Waals surface area (Å²) in [6.07, 6.45) is 1.14. The van der Waals surface area contributed by atoms with Crippen molar-refractivity contribution in [3.63, 3.8) is 0 Å². The van der Waals surface area contributed by atoms with Gasteiger partial charge in [-0.2, -0.15) is 0 Å². The summed E-state index contributed by atoms with van der Waals surface area (Å²) >= 11 is 0. The quantitative estimate of drug-likeness (QED) is 0.739. The minimum atomic E-state index is 0.116. The molecule has 2 aliphatic heterocycles. The van der Waals surface area contributed by atoms with Crippen LogP contribution in [0.15, 0.2) is 48.5 Å². The number of anilines is 1. The van der Waals surface area contributed by atoms with Crippen LogP contribution < -0.4 is 10.1 Å². The third kappa shape index (κ3) is 1.27. The smallest absolute Gasteiger partial charge is 0.170 e. The Bertz CT molecular complexity index is 529. The van der Waals surface area contributed by atoms with Gasteiger partial charge >= 0.3 is 0 Å². The van der Waals surface area contributed by atoms with Crippen LogP contribution in [0.2, 0.25) is 0 Å². The summed E-state index contributed by atoms with van der Waals surface area (Å²) in [5, 5.41) is 3.45. The lowest BCUT2D eigenvalue weighted by Crippen LogP contribution is -2.37. The van der Waals surface area contributed by atoms with Crippen molar-refractivity contribution in [3.8, 4) is 5.75 Å². The van der Waals surface area contributed by atoms with E-state index in [-0.39, 0.29) is 6.23 Å². The molecular formula is C15H13NO. The summed E-state index contributed by atoms with van der Waals surface area (Å²) in [6, 6.07) is 16.9. The molecule has 0 radical (unpaired) electrons. The average molecular weight is 223 g/mol. The van der Waals surface area contributed by atoms with Crippen molar-refractivity contribution >= 4 is 5.69 Å². The van der Waals surface area contributed by atoms with Gasteiger partial charge in [0.25, 0.3) is 0 Å². The topological polar surface area (TPSA) is 21.3 Å². The second-order valence-electron chi connectivity index (χ2n) is 4.66. The minimum Gasteiger partial charge on any atom is -0.470 e. The summed E-state index contributed by atoms with van der Waals surface area (Å²) in [7, 11) is 0. The van der Waals surface area contributed by atoms with Crippen LogP contribution in [0.5, 0.6) is 5.75 Å². The maximum Gasteiger partial charge on any atom is 0.170 e. The molecule has 2 nitrogen and oxygen atoms in total. The molecule has 0 fully saturated rings. The van der Waals surface area contributed by atoms with Crippen LogP contribution >= 0.6 is 0 Å². The Morgan fingerprint density at radius 3 is 2.65 bits per heavy atom. The molecule has 2 aliphatic rings. The van der Waals surface area contributed by atoms with Crippen LogP contribution in [0, 0.1) is 0 Å². The van der Waals surface area contributed by atoms with Crippen LogP contribution in [-0.2, 0) is 0 Å². The third-order valence-corrected chi connectivity index (χ3v) is 3.67. The summed E-state index contributed by atoms with van der Waals surface area (Å²) in [4.78, 5) is 0. The molecule has 0 amide bonds. The van der Waals surface area contributed by atoms with Crippen LogP contribution in [0.25, 0.3) is 0 Å². The average Bonchev–Trinajstić information content (AvgIpc) is 2.39. The zero-order valence-electron chi connectivity index (χ0n) is 9.39. The van der Waals surface area contributed by atoms with Gasteiger partial charge in [0.2, 0.25) is 0 Å². The van der Waals surface area contributed by atoms with Crippen molar-refractivity contribution in [2.24, 2.45) is 0 Å². The fraction of sp³-hybridized carbons (Fsp3) is 0.200. The highest BCUT2D eigenvalue weighted by Gasteiger charge is 2.34. The molecule has 2 aromatic rings. The van der Waals surface area contributed by atoms with E-state index in [1.807, 2.05) is 6.07 Å². The predicted molar refractivity (Wildman–Crippen MR) is 67.4 cm³/mol. The number of fused-ring (bicyclic) bond motifs is 6. The number of hydrogen-bond acceptors (Lipinski definition) is 2. The number of ether oxygens (including phenoxy) is 1. The van der Waals surface area contributed by atoms with E-state index in [2.05, 4.69) is 47.8 Å². The first-order chi connectivity index (χ1) is 8.42. The molecule has 2 heteroatoms. The molecule has 1 N–H and O–H groups in total. The van der Waals surface area contributed by atoms with E-state index < -0.39 is 0 Å². The lowest BCUT2D eigenvalue weighted by atomic mass is 9.82. The predicted octanol–water partition coefficient (Wildman–Crippen LogP) is 3.35. The third-order valence-electron chi connectivity index (χ3n) is 3.67. The Hall–Kier alpha value is -1.96. The van der Waals surface area contributed by atoms with E-state index in [1.165, 1.54) is 16.8 Å². The van der Waals surface area contributed by atoms with Gasteiger partial charge in [-0.1, -0.05) is 36.4 Å². The van der Waals surface area contributed by atoms with Crippen LogP contribution in [0.1, 0.15) is 23.5 Å². The van der Waals surface area contributed by atoms with Crippen LogP contribution in [0.4, 0.5) is 5.69 Å². The molecule has 17 heavy (non-hydrogen) atoms. The van der Waals surface area contributed by atoms with Crippen LogP contribution in [0.3, 0.4) is 0 Å². The van der Waals surface area contributed by atoms with Gasteiger partial charge in [-0.05, 0) is 17.7 Å². The highest BCUT2D eigenvalue weighted by atomic mass is 16.5. The highest BCUT2D eigenvalue weighted by Crippen LogP contribution is 2.45. The van der Waals surface area contributed by atoms with Crippen molar-refractivity contribution in [1.29, 1.82) is 0 Å². The van der Waals surface area contributed by atoms with Crippen LogP contribution in [-0.4, -0.2) is 6.23 Å². The van der Waals surface area contributed by atoms with Crippen molar-refractivity contribution in [3.05, 3.63) is 59.7 Å². The second kappa shape index (κ2) is 3.27. The normalized spacial score (nSPS) is 24.0. The molecule has 0 saturated heterocycles. The molecule has 0 aliphatic carbocycles. The second-order valence-corrected chi connectivity index (χ2v) is 4.66. The van der Waals surface area contributed by atoms with E-state index in [9.17, 15) is 0 Å². The lowest BCUT2D eigenvalue weighted by molar-refractivity contribution is 0.185. The minimum absolute atomic E-state index is 0.116. The van der Waals surface area contributed by atoms with Crippen molar-refractivity contribution in [1.82, 2.24) is 0 Å². The molecule has 2 unspecified atom stereocenters. The monoisotopic (exact) mass is 223 g/mol. The Morgan fingerprint density at radius 2 is 1.71 bits per heavy atom. The van der Waals surface area contributed by atoms with E-state index >= 15 is 0 Å². The van der Waals surface area contributed by atoms with Gasteiger partial charge in [0, 0.05) is 23.6 Å². The first-order valence-electron chi connectivity index (χ1n) is 6.03. The van der Waals surface area contributed by atoms with E-state index in [0.29, 0.717) is 5.92 Å². The van der Waals surface area contributed by atoms with Crippen molar-refractivity contribution in [2.45, 2.75) is 18.6 Å². The summed E-state index contributed by atoms with van der Waals surface area (Å²) < 4.78 is 5.95. The molecule has 4 rings (SSSR count). The molecule has 2 aromatic carbocycles. The first kappa shape index (κ1) is 9.11. The Morgan fingerprint density at radius 1 is 0.941 bits per heavy atom. The highest BCUT2D eigenvalue weighted by molar-refractivity contribution is 5.60. The van der Waals surface area contributed by atoms with E-state index in [1.54, 1.807) is 0 Å². The first-order valence-corrected chi connectivity index (χ1v) is 6.03. The van der Waals surface area contributed by atoms with Gasteiger partial charge < -0.3 is 10.1 Å². The summed E-state index contributed by atoms with van der Waals surface area (Å²) in [5.74, 6) is 1.50. The Kier molecular flexibility index (Phi) is 1.75. The number of rotatable bonds is 0. The zero-order valence-corrected chi connectivity index (χ0v) is 9.39. The molecule has 84 valence electrons. The van der Waals surface area contributed by atoms with Gasteiger partial charge in [-0.15, -0.1) is 0 Å². The molecule has 0 aromatic heterocycles. The largest absolute Gasteiger partial charge is 0.470 e. The Balaban J connectivity index is 1.94. The SMILES string of the molecule is c1ccc2c(c1)NC1CC2c2ccccc2O1. The fourth-order valence-corrected chi connectivity index (χ4v) is 2.91. The van der Waals surface area contributed by atoms with Gasteiger partial charge in [0.1, 0.15) is 5.75 Å². The molecule has 2 bridgehead atoms. The number of para-hydroxylation sites is 2. The molecule has 0 spiro atoms. The molecular weight excluding hydrogens is 210 g/mol. The number of hydrogen-bond donors (Lipinski definition) is 1. The summed E-state index contributed by atoms with van der Waals surface area (Å²) in [5.41, 5.74) is 3.92. The Labute approximate surface area is 100 Å². The van der Waals surface area contributed by atoms with Gasteiger partial charge in [-0.25, -0.2) is 0 Å². The maximum absolute atomic E-state index is 5.95. The molecule has 2 heterocycles. The van der Waals surface area contributed by atoms with Crippen molar-refractivity contribution < 1.29 is 4.74 Å². The van der Waals surface area contributed by atoms with E-state index in [4.69, 9.17) is 4.74 Å². The molecule has 2 atom stereocenters. The standard InChI is InChI=1S/C15H13NO/c1-3-7-13-10(5-1)12-9-15(16-13)17-14-8-4-2-6-11(12)14/h1-8,12,15-16H,9H2. The summed E-state index contributed by atoms with van der Waals surface area (Å²) in [6.45, 7) is 0. The molecule has 0 saturated carbocycles. The van der Waals surface area contributed by atoms with Gasteiger partial charge in [0.15, 0.2) is 6.23 Å². The van der Waals surface area contributed by atoms with Gasteiger partial charge in [-0.3, -0.25) is 0 Å². The number of benzene rings is 2. The number of nitrogens with one attached hydrogen (secondary N) is 1. The maximum atomic E-state index is 5.95. The van der Waals surface area contributed by atoms with Crippen molar-refractivity contribution in [2.75, 3.05) is 5.32 Å². The van der Waals surface area contributed by atoms with E-state index in [0.717, 1.165) is 12.2 Å².